The van der Waals surface area contributed by atoms with Gasteiger partial charge in [0.25, 0.3) is 0 Å². The molecule has 2 aliphatic carbocycles. The van der Waals surface area contributed by atoms with Crippen molar-refractivity contribution >= 4 is 29.7 Å². The van der Waals surface area contributed by atoms with Crippen LogP contribution >= 0.6 is 23.7 Å². The second-order valence-corrected chi connectivity index (χ2v) is 7.80. The molecule has 3 N–H and O–H groups in total. The van der Waals surface area contributed by atoms with Crippen LogP contribution in [0.15, 0.2) is 12.1 Å². The van der Waals surface area contributed by atoms with Gasteiger partial charge in [0.05, 0.1) is 6.54 Å². The molecule has 1 aromatic heterocycles. The molecular weight excluding hydrogens is 304 g/mol. The molecule has 0 saturated heterocycles. The molecule has 0 aliphatic heterocycles. The van der Waals surface area contributed by atoms with Crippen LogP contribution in [0.25, 0.3) is 0 Å². The van der Waals surface area contributed by atoms with Gasteiger partial charge in [0, 0.05) is 21.7 Å². The number of hydrogen-bond acceptors (Lipinski definition) is 3. The lowest BCUT2D eigenvalue weighted by molar-refractivity contribution is -0.128. The standard InChI is InChI=1S/C16H24N2OS.ClH/c1-10-5-6-14(20-10)9-18-16(19)13-7-11-3-2-4-12(8-13)15(11)17;/h5-6,11-13,15H,2-4,7-9,17H2,1H3,(H,18,19);1H. The highest BCUT2D eigenvalue weighted by Gasteiger charge is 2.40. The average Bonchev–Trinajstić information content (AvgIpc) is 2.81. The number of nitrogens with two attached hydrogens (primary N) is 1. The summed E-state index contributed by atoms with van der Waals surface area (Å²) in [6, 6.07) is 4.55. The molecule has 1 aromatic rings. The van der Waals surface area contributed by atoms with Crippen molar-refractivity contribution < 1.29 is 4.79 Å². The number of thiophene rings is 1. The summed E-state index contributed by atoms with van der Waals surface area (Å²) in [5.41, 5.74) is 6.28. The molecule has 3 rings (SSSR count). The van der Waals surface area contributed by atoms with E-state index in [9.17, 15) is 4.79 Å². The van der Waals surface area contributed by atoms with Crippen molar-refractivity contribution in [2.24, 2.45) is 23.5 Å². The summed E-state index contributed by atoms with van der Waals surface area (Å²) in [5, 5.41) is 3.12. The Morgan fingerprint density at radius 2 is 2.00 bits per heavy atom. The largest absolute Gasteiger partial charge is 0.351 e. The summed E-state index contributed by atoms with van der Waals surface area (Å²) in [6.45, 7) is 2.77. The Bertz CT molecular complexity index is 476. The van der Waals surface area contributed by atoms with Gasteiger partial charge in [-0.3, -0.25) is 4.79 Å². The number of amides is 1. The molecule has 1 amide bonds. The Labute approximate surface area is 137 Å². The highest BCUT2D eigenvalue weighted by atomic mass is 35.5. The fraction of sp³-hybridized carbons (Fsp3) is 0.688. The number of rotatable bonds is 3. The second kappa shape index (κ2) is 7.12. The average molecular weight is 329 g/mol. The van der Waals surface area contributed by atoms with Gasteiger partial charge in [0.2, 0.25) is 5.91 Å². The molecule has 3 nitrogen and oxygen atoms in total. The second-order valence-electron chi connectivity index (χ2n) is 6.43. The van der Waals surface area contributed by atoms with Gasteiger partial charge in [0.1, 0.15) is 0 Å². The Morgan fingerprint density at radius 1 is 1.33 bits per heavy atom. The first-order valence-electron chi connectivity index (χ1n) is 7.72. The SMILES string of the molecule is Cc1ccc(CNC(=O)C2CC3CCCC(C2)C3N)s1.Cl. The van der Waals surface area contributed by atoms with E-state index < -0.39 is 0 Å². The van der Waals surface area contributed by atoms with Gasteiger partial charge < -0.3 is 11.1 Å². The van der Waals surface area contributed by atoms with Gasteiger partial charge in [-0.25, -0.2) is 0 Å². The fourth-order valence-corrected chi connectivity index (χ4v) is 4.73. The first-order chi connectivity index (χ1) is 9.63. The molecular formula is C16H25ClN2OS. The molecule has 1 heterocycles. The molecule has 2 aliphatic rings. The summed E-state index contributed by atoms with van der Waals surface area (Å²) >= 11 is 1.76. The van der Waals surface area contributed by atoms with Crippen molar-refractivity contribution in [1.82, 2.24) is 5.32 Å². The Morgan fingerprint density at radius 3 is 2.57 bits per heavy atom. The molecule has 2 fully saturated rings. The van der Waals surface area contributed by atoms with E-state index in [0.29, 0.717) is 24.4 Å². The zero-order chi connectivity index (χ0) is 14.1. The predicted octanol–water partition coefficient (Wildman–Crippen LogP) is 3.25. The molecule has 21 heavy (non-hydrogen) atoms. The van der Waals surface area contributed by atoms with E-state index in [1.807, 2.05) is 0 Å². The number of carbonyl (C=O) groups is 1. The fourth-order valence-electron chi connectivity index (χ4n) is 3.90. The van der Waals surface area contributed by atoms with Gasteiger partial charge in [-0.2, -0.15) is 0 Å². The van der Waals surface area contributed by atoms with Crippen LogP contribution in [0.4, 0.5) is 0 Å². The van der Waals surface area contributed by atoms with Gasteiger partial charge >= 0.3 is 0 Å². The Balaban J connectivity index is 0.00000161. The summed E-state index contributed by atoms with van der Waals surface area (Å²) in [6.07, 6.45) is 5.71. The topological polar surface area (TPSA) is 55.1 Å². The number of fused-ring (bicyclic) bond motifs is 2. The smallest absolute Gasteiger partial charge is 0.223 e. The molecule has 2 unspecified atom stereocenters. The van der Waals surface area contributed by atoms with E-state index in [1.54, 1.807) is 11.3 Å². The van der Waals surface area contributed by atoms with Crippen LogP contribution in [0.5, 0.6) is 0 Å². The molecule has 5 heteroatoms. The molecule has 2 bridgehead atoms. The lowest BCUT2D eigenvalue weighted by atomic mass is 9.65. The maximum atomic E-state index is 12.4. The zero-order valence-corrected chi connectivity index (χ0v) is 14.1. The third-order valence-electron chi connectivity index (χ3n) is 5.02. The van der Waals surface area contributed by atoms with Gasteiger partial charge in [0.15, 0.2) is 0 Å². The third-order valence-corrected chi connectivity index (χ3v) is 6.02. The molecule has 0 aromatic carbocycles. The maximum absolute atomic E-state index is 12.4. The van der Waals surface area contributed by atoms with Crippen molar-refractivity contribution in [1.29, 1.82) is 0 Å². The lowest BCUT2D eigenvalue weighted by Gasteiger charge is -2.43. The van der Waals surface area contributed by atoms with E-state index in [-0.39, 0.29) is 24.2 Å². The van der Waals surface area contributed by atoms with Gasteiger partial charge in [-0.05, 0) is 56.6 Å². The van der Waals surface area contributed by atoms with Gasteiger partial charge in [-0.1, -0.05) is 6.42 Å². The van der Waals surface area contributed by atoms with Crippen LogP contribution in [0.1, 0.15) is 41.9 Å². The van der Waals surface area contributed by atoms with Crippen molar-refractivity contribution in [3.8, 4) is 0 Å². The zero-order valence-electron chi connectivity index (χ0n) is 12.5. The Kier molecular flexibility index (Phi) is 5.69. The lowest BCUT2D eigenvalue weighted by Crippen LogP contribution is -2.49. The summed E-state index contributed by atoms with van der Waals surface area (Å²) in [7, 11) is 0. The third kappa shape index (κ3) is 3.79. The molecule has 2 atom stereocenters. The number of nitrogens with one attached hydrogen (secondary N) is 1. The van der Waals surface area contributed by atoms with Crippen LogP contribution < -0.4 is 11.1 Å². The molecule has 0 spiro atoms. The highest BCUT2D eigenvalue weighted by Crippen LogP contribution is 2.41. The van der Waals surface area contributed by atoms with Gasteiger partial charge in [-0.15, -0.1) is 23.7 Å². The normalized spacial score (nSPS) is 31.3. The number of hydrogen-bond donors (Lipinski definition) is 2. The van der Waals surface area contributed by atoms with Crippen molar-refractivity contribution in [2.45, 2.75) is 51.6 Å². The van der Waals surface area contributed by atoms with E-state index in [4.69, 9.17) is 5.73 Å². The minimum atomic E-state index is 0. The quantitative estimate of drug-likeness (QED) is 0.895. The summed E-state index contributed by atoms with van der Waals surface area (Å²) < 4.78 is 0. The van der Waals surface area contributed by atoms with E-state index >= 15 is 0 Å². The van der Waals surface area contributed by atoms with E-state index in [1.165, 1.54) is 29.0 Å². The first-order valence-corrected chi connectivity index (χ1v) is 8.53. The first kappa shape index (κ1) is 16.8. The number of carbonyl (C=O) groups excluding carboxylic acids is 1. The van der Waals surface area contributed by atoms with Crippen molar-refractivity contribution in [3.05, 3.63) is 21.9 Å². The van der Waals surface area contributed by atoms with E-state index in [2.05, 4.69) is 24.4 Å². The molecule has 118 valence electrons. The molecule has 2 saturated carbocycles. The maximum Gasteiger partial charge on any atom is 0.223 e. The highest BCUT2D eigenvalue weighted by molar-refractivity contribution is 7.11. The minimum absolute atomic E-state index is 0. The number of aryl methyl sites for hydroxylation is 1. The molecule has 0 radical (unpaired) electrons. The number of halogens is 1. The summed E-state index contributed by atoms with van der Waals surface area (Å²) in [5.74, 6) is 1.57. The van der Waals surface area contributed by atoms with Crippen LogP contribution in [-0.2, 0) is 11.3 Å². The van der Waals surface area contributed by atoms with Crippen LogP contribution in [0, 0.1) is 24.7 Å². The Hall–Kier alpha value is -0.580. The van der Waals surface area contributed by atoms with Crippen LogP contribution in [0.3, 0.4) is 0 Å². The van der Waals surface area contributed by atoms with Crippen LogP contribution in [-0.4, -0.2) is 11.9 Å². The van der Waals surface area contributed by atoms with Crippen LogP contribution in [0.2, 0.25) is 0 Å². The van der Waals surface area contributed by atoms with Crippen molar-refractivity contribution in [2.75, 3.05) is 0 Å². The monoisotopic (exact) mass is 328 g/mol. The minimum Gasteiger partial charge on any atom is -0.351 e. The van der Waals surface area contributed by atoms with E-state index in [0.717, 1.165) is 12.8 Å². The summed E-state index contributed by atoms with van der Waals surface area (Å²) in [4.78, 5) is 14.9. The van der Waals surface area contributed by atoms with Crippen molar-refractivity contribution in [3.63, 3.8) is 0 Å². The predicted molar refractivity (Wildman–Crippen MR) is 89.7 cm³/mol.